The van der Waals surface area contributed by atoms with Crippen molar-refractivity contribution in [3.8, 4) is 0 Å². The van der Waals surface area contributed by atoms with Gasteiger partial charge < -0.3 is 4.42 Å². The SMILES string of the molecule is Cc1nn(C)c(CC(NN)c2ccoc2Br)c1Cl. The third-order valence-electron chi connectivity index (χ3n) is 2.88. The van der Waals surface area contributed by atoms with Crippen molar-refractivity contribution in [2.24, 2.45) is 12.9 Å². The highest BCUT2D eigenvalue weighted by atomic mass is 79.9. The van der Waals surface area contributed by atoms with Crippen LogP contribution in [0.1, 0.15) is 23.0 Å². The van der Waals surface area contributed by atoms with E-state index < -0.39 is 0 Å². The minimum atomic E-state index is -0.0922. The van der Waals surface area contributed by atoms with Crippen LogP contribution in [0.25, 0.3) is 0 Å². The number of aryl methyl sites for hydroxylation is 2. The molecule has 2 rings (SSSR count). The van der Waals surface area contributed by atoms with E-state index in [0.29, 0.717) is 16.1 Å². The minimum Gasteiger partial charge on any atom is -0.457 e. The smallest absolute Gasteiger partial charge is 0.173 e. The lowest BCUT2D eigenvalue weighted by atomic mass is 10.1. The van der Waals surface area contributed by atoms with Crippen LogP contribution in [0.4, 0.5) is 0 Å². The molecule has 0 amide bonds. The number of furan rings is 1. The Morgan fingerprint density at radius 1 is 1.67 bits per heavy atom. The van der Waals surface area contributed by atoms with Gasteiger partial charge in [0.25, 0.3) is 0 Å². The van der Waals surface area contributed by atoms with Crippen LogP contribution in [0.5, 0.6) is 0 Å². The van der Waals surface area contributed by atoms with E-state index in [4.69, 9.17) is 21.9 Å². The van der Waals surface area contributed by atoms with Gasteiger partial charge in [-0.25, -0.2) is 0 Å². The number of nitrogens with zero attached hydrogens (tertiary/aromatic N) is 2. The monoisotopic (exact) mass is 332 g/mol. The molecule has 98 valence electrons. The molecular weight excluding hydrogens is 320 g/mol. The summed E-state index contributed by atoms with van der Waals surface area (Å²) < 4.78 is 7.66. The molecule has 0 saturated heterocycles. The molecule has 0 bridgehead atoms. The lowest BCUT2D eigenvalue weighted by Gasteiger charge is -2.15. The summed E-state index contributed by atoms with van der Waals surface area (Å²) in [5.74, 6) is 5.60. The van der Waals surface area contributed by atoms with E-state index in [1.807, 2.05) is 20.0 Å². The van der Waals surface area contributed by atoms with Gasteiger partial charge in [-0.05, 0) is 28.9 Å². The summed E-state index contributed by atoms with van der Waals surface area (Å²) >= 11 is 9.57. The van der Waals surface area contributed by atoms with Crippen molar-refractivity contribution in [2.75, 3.05) is 0 Å². The third kappa shape index (κ3) is 2.47. The van der Waals surface area contributed by atoms with Gasteiger partial charge in [-0.15, -0.1) is 0 Å². The van der Waals surface area contributed by atoms with Gasteiger partial charge in [0.1, 0.15) is 0 Å². The fourth-order valence-corrected chi connectivity index (χ4v) is 2.66. The molecule has 2 heterocycles. The highest BCUT2D eigenvalue weighted by Crippen LogP contribution is 2.29. The van der Waals surface area contributed by atoms with Crippen LogP contribution in [-0.4, -0.2) is 9.78 Å². The summed E-state index contributed by atoms with van der Waals surface area (Å²) in [6.07, 6.45) is 2.24. The van der Waals surface area contributed by atoms with Gasteiger partial charge in [-0.2, -0.15) is 5.10 Å². The molecule has 0 radical (unpaired) electrons. The Bertz CT molecular complexity index is 551. The topological polar surface area (TPSA) is 69.0 Å². The van der Waals surface area contributed by atoms with Crippen molar-refractivity contribution < 1.29 is 4.42 Å². The highest BCUT2D eigenvalue weighted by molar-refractivity contribution is 9.10. The van der Waals surface area contributed by atoms with E-state index in [9.17, 15) is 0 Å². The standard InChI is InChI=1S/C11H14BrClN4O/c1-6-10(13)9(17(2)16-6)5-8(15-14)7-3-4-18-11(7)12/h3-4,8,15H,5,14H2,1-2H3. The van der Waals surface area contributed by atoms with Gasteiger partial charge >= 0.3 is 0 Å². The largest absolute Gasteiger partial charge is 0.457 e. The second kappa shape index (κ2) is 5.44. The molecule has 0 aliphatic carbocycles. The molecule has 18 heavy (non-hydrogen) atoms. The number of hydrogen-bond acceptors (Lipinski definition) is 4. The van der Waals surface area contributed by atoms with E-state index in [-0.39, 0.29) is 6.04 Å². The van der Waals surface area contributed by atoms with Gasteiger partial charge in [0.15, 0.2) is 4.67 Å². The number of nitrogens with two attached hydrogens (primary N) is 1. The maximum Gasteiger partial charge on any atom is 0.173 e. The molecule has 0 aliphatic heterocycles. The first kappa shape index (κ1) is 13.6. The molecule has 3 N–H and O–H groups in total. The van der Waals surface area contributed by atoms with Crippen molar-refractivity contribution in [1.82, 2.24) is 15.2 Å². The molecule has 0 fully saturated rings. The van der Waals surface area contributed by atoms with E-state index >= 15 is 0 Å². The number of halogens is 2. The average molecular weight is 334 g/mol. The van der Waals surface area contributed by atoms with E-state index in [0.717, 1.165) is 17.0 Å². The molecule has 2 aromatic rings. The van der Waals surface area contributed by atoms with Crippen molar-refractivity contribution in [3.05, 3.63) is 39.0 Å². The van der Waals surface area contributed by atoms with E-state index in [1.54, 1.807) is 10.9 Å². The maximum absolute atomic E-state index is 6.23. The number of aromatic nitrogens is 2. The molecule has 7 heteroatoms. The van der Waals surface area contributed by atoms with Crippen molar-refractivity contribution in [1.29, 1.82) is 0 Å². The Morgan fingerprint density at radius 2 is 2.39 bits per heavy atom. The fourth-order valence-electron chi connectivity index (χ4n) is 1.91. The Labute approximate surface area is 118 Å². The van der Waals surface area contributed by atoms with Crippen LogP contribution in [0, 0.1) is 6.92 Å². The first-order valence-corrected chi connectivity index (χ1v) is 6.58. The number of hydrogen-bond donors (Lipinski definition) is 2. The van der Waals surface area contributed by atoms with Gasteiger partial charge in [0.05, 0.1) is 28.7 Å². The third-order valence-corrected chi connectivity index (χ3v) is 4.02. The molecule has 0 saturated carbocycles. The molecule has 0 spiro atoms. The van der Waals surface area contributed by atoms with Crippen LogP contribution in [0.3, 0.4) is 0 Å². The second-order valence-corrected chi connectivity index (χ2v) is 5.14. The zero-order valence-electron chi connectivity index (χ0n) is 10.1. The maximum atomic E-state index is 6.23. The molecule has 0 aliphatic rings. The molecule has 1 atom stereocenters. The summed E-state index contributed by atoms with van der Waals surface area (Å²) in [7, 11) is 1.87. The fraction of sp³-hybridized carbons (Fsp3) is 0.364. The van der Waals surface area contributed by atoms with Crippen molar-refractivity contribution >= 4 is 27.5 Å². The zero-order valence-corrected chi connectivity index (χ0v) is 12.4. The van der Waals surface area contributed by atoms with Crippen LogP contribution in [0.2, 0.25) is 5.02 Å². The lowest BCUT2D eigenvalue weighted by molar-refractivity contribution is 0.498. The normalized spacial score (nSPS) is 12.9. The van der Waals surface area contributed by atoms with Crippen LogP contribution < -0.4 is 11.3 Å². The van der Waals surface area contributed by atoms with E-state index in [1.165, 1.54) is 0 Å². The number of rotatable bonds is 4. The minimum absolute atomic E-state index is 0.0922. The molecule has 2 aromatic heterocycles. The van der Waals surface area contributed by atoms with Gasteiger partial charge in [-0.3, -0.25) is 16.0 Å². The van der Waals surface area contributed by atoms with Crippen molar-refractivity contribution in [3.63, 3.8) is 0 Å². The van der Waals surface area contributed by atoms with Gasteiger partial charge in [0, 0.05) is 19.0 Å². The molecule has 1 unspecified atom stereocenters. The molecule has 5 nitrogen and oxygen atoms in total. The quantitative estimate of drug-likeness (QED) is 0.666. The Kier molecular flexibility index (Phi) is 4.11. The average Bonchev–Trinajstić information content (AvgIpc) is 2.84. The summed E-state index contributed by atoms with van der Waals surface area (Å²) in [6, 6.07) is 1.77. The lowest BCUT2D eigenvalue weighted by Crippen LogP contribution is -2.30. The summed E-state index contributed by atoms with van der Waals surface area (Å²) in [4.78, 5) is 0. The van der Waals surface area contributed by atoms with Crippen molar-refractivity contribution in [2.45, 2.75) is 19.4 Å². The number of nitrogens with one attached hydrogen (secondary N) is 1. The summed E-state index contributed by atoms with van der Waals surface area (Å²) in [5.41, 5.74) is 5.47. The first-order valence-electron chi connectivity index (χ1n) is 5.41. The Hall–Kier alpha value is -0.820. The van der Waals surface area contributed by atoms with Gasteiger partial charge in [-0.1, -0.05) is 11.6 Å². The zero-order chi connectivity index (χ0) is 13.3. The highest BCUT2D eigenvalue weighted by Gasteiger charge is 2.20. The van der Waals surface area contributed by atoms with Gasteiger partial charge in [0.2, 0.25) is 0 Å². The molecular formula is C11H14BrClN4O. The number of hydrazine groups is 1. The Morgan fingerprint density at radius 3 is 2.83 bits per heavy atom. The predicted octanol–water partition coefficient (Wildman–Crippen LogP) is 2.48. The predicted molar refractivity (Wildman–Crippen MR) is 73.1 cm³/mol. The summed E-state index contributed by atoms with van der Waals surface area (Å²) in [5, 5.41) is 4.96. The Balaban J connectivity index is 2.29. The first-order chi connectivity index (χ1) is 8.54. The van der Waals surface area contributed by atoms with E-state index in [2.05, 4.69) is 26.5 Å². The van der Waals surface area contributed by atoms with Crippen LogP contribution in [-0.2, 0) is 13.5 Å². The van der Waals surface area contributed by atoms with Crippen LogP contribution >= 0.6 is 27.5 Å². The second-order valence-electron chi connectivity index (χ2n) is 4.04. The van der Waals surface area contributed by atoms with Crippen LogP contribution in [0.15, 0.2) is 21.4 Å². The molecule has 0 aromatic carbocycles. The summed E-state index contributed by atoms with van der Waals surface area (Å²) in [6.45, 7) is 1.88.